The largest absolute Gasteiger partial charge is 0.377 e. The monoisotopic (exact) mass is 261 g/mol. The van der Waals surface area contributed by atoms with Crippen molar-refractivity contribution < 1.29 is 0 Å². The van der Waals surface area contributed by atoms with Crippen LogP contribution < -0.4 is 4.90 Å². The fraction of sp³-hybridized carbons (Fsp3) is 0.357. The zero-order valence-corrected chi connectivity index (χ0v) is 12.1. The Hall–Kier alpha value is -1.55. The Labute approximate surface area is 113 Å². The number of aromatic nitrogens is 2. The predicted molar refractivity (Wildman–Crippen MR) is 79.4 cm³/mol. The van der Waals surface area contributed by atoms with E-state index in [1.807, 2.05) is 6.20 Å². The Morgan fingerprint density at radius 3 is 2.67 bits per heavy atom. The SMILES string of the molecule is CCc1c[nH]c(=S)n1-c1ccc(C)c(N(C)C)c1. The van der Waals surface area contributed by atoms with Gasteiger partial charge in [0.15, 0.2) is 4.77 Å². The van der Waals surface area contributed by atoms with Gasteiger partial charge in [-0.15, -0.1) is 0 Å². The van der Waals surface area contributed by atoms with E-state index in [2.05, 4.69) is 60.6 Å². The molecule has 4 heteroatoms. The molecule has 2 aromatic rings. The van der Waals surface area contributed by atoms with Gasteiger partial charge in [0.25, 0.3) is 0 Å². The molecule has 0 unspecified atom stereocenters. The number of rotatable bonds is 3. The number of aromatic amines is 1. The highest BCUT2D eigenvalue weighted by atomic mass is 32.1. The first-order valence-electron chi connectivity index (χ1n) is 6.12. The first kappa shape index (κ1) is 12.9. The van der Waals surface area contributed by atoms with Crippen LogP contribution in [-0.2, 0) is 6.42 Å². The maximum absolute atomic E-state index is 5.36. The number of nitrogens with one attached hydrogen (secondary N) is 1. The first-order chi connectivity index (χ1) is 8.54. The lowest BCUT2D eigenvalue weighted by molar-refractivity contribution is 0.920. The van der Waals surface area contributed by atoms with E-state index in [-0.39, 0.29) is 0 Å². The van der Waals surface area contributed by atoms with Crippen LogP contribution in [-0.4, -0.2) is 23.6 Å². The zero-order valence-electron chi connectivity index (χ0n) is 11.3. The van der Waals surface area contributed by atoms with Crippen molar-refractivity contribution in [1.29, 1.82) is 0 Å². The highest BCUT2D eigenvalue weighted by Gasteiger charge is 2.08. The number of hydrogen-bond donors (Lipinski definition) is 1. The van der Waals surface area contributed by atoms with Crippen LogP contribution in [0.25, 0.3) is 5.69 Å². The highest BCUT2D eigenvalue weighted by molar-refractivity contribution is 7.71. The summed E-state index contributed by atoms with van der Waals surface area (Å²) in [5.41, 5.74) is 4.81. The molecule has 1 N–H and O–H groups in total. The van der Waals surface area contributed by atoms with Crippen LogP contribution in [0.3, 0.4) is 0 Å². The third-order valence-electron chi connectivity index (χ3n) is 3.15. The molecule has 0 aliphatic rings. The van der Waals surface area contributed by atoms with Crippen molar-refractivity contribution in [1.82, 2.24) is 9.55 Å². The molecule has 0 atom stereocenters. The molecule has 1 aromatic heterocycles. The van der Waals surface area contributed by atoms with Crippen molar-refractivity contribution in [3.63, 3.8) is 0 Å². The zero-order chi connectivity index (χ0) is 13.3. The fourth-order valence-electron chi connectivity index (χ4n) is 2.17. The molecule has 0 aliphatic heterocycles. The Kier molecular flexibility index (Phi) is 3.57. The molecule has 18 heavy (non-hydrogen) atoms. The molecule has 96 valence electrons. The summed E-state index contributed by atoms with van der Waals surface area (Å²) in [7, 11) is 4.12. The predicted octanol–water partition coefficient (Wildman–Crippen LogP) is 3.47. The van der Waals surface area contributed by atoms with Gasteiger partial charge in [0.05, 0.1) is 5.69 Å². The van der Waals surface area contributed by atoms with E-state index in [1.54, 1.807) is 0 Å². The minimum Gasteiger partial charge on any atom is -0.377 e. The number of imidazole rings is 1. The van der Waals surface area contributed by atoms with Crippen molar-refractivity contribution in [2.24, 2.45) is 0 Å². The van der Waals surface area contributed by atoms with E-state index in [1.165, 1.54) is 16.9 Å². The summed E-state index contributed by atoms with van der Waals surface area (Å²) in [4.78, 5) is 5.24. The Bertz CT molecular complexity index is 608. The third-order valence-corrected chi connectivity index (χ3v) is 3.45. The van der Waals surface area contributed by atoms with E-state index < -0.39 is 0 Å². The number of benzene rings is 1. The Balaban J connectivity index is 2.61. The second kappa shape index (κ2) is 4.98. The number of hydrogen-bond acceptors (Lipinski definition) is 2. The normalized spacial score (nSPS) is 10.7. The maximum Gasteiger partial charge on any atom is 0.182 e. The molecular formula is C14H19N3S. The van der Waals surface area contributed by atoms with E-state index in [0.29, 0.717) is 0 Å². The van der Waals surface area contributed by atoms with Crippen LogP contribution in [0.15, 0.2) is 24.4 Å². The summed E-state index contributed by atoms with van der Waals surface area (Å²) in [6.07, 6.45) is 2.94. The molecule has 0 saturated carbocycles. The molecule has 1 aromatic carbocycles. The highest BCUT2D eigenvalue weighted by Crippen LogP contribution is 2.23. The van der Waals surface area contributed by atoms with Crippen molar-refractivity contribution in [3.05, 3.63) is 40.4 Å². The average molecular weight is 261 g/mol. The van der Waals surface area contributed by atoms with Crippen molar-refractivity contribution in [3.8, 4) is 5.69 Å². The molecule has 0 spiro atoms. The molecule has 1 heterocycles. The number of anilines is 1. The summed E-state index contributed by atoms with van der Waals surface area (Å²) < 4.78 is 2.85. The molecule has 0 fully saturated rings. The topological polar surface area (TPSA) is 24.0 Å². The molecule has 0 aliphatic carbocycles. The minimum atomic E-state index is 0.750. The third kappa shape index (κ3) is 2.20. The number of aryl methyl sites for hydroxylation is 2. The van der Waals surface area contributed by atoms with E-state index in [9.17, 15) is 0 Å². The van der Waals surface area contributed by atoms with Crippen molar-refractivity contribution >= 4 is 17.9 Å². The quantitative estimate of drug-likeness (QED) is 0.855. The Morgan fingerprint density at radius 2 is 2.06 bits per heavy atom. The molecule has 0 amide bonds. The Morgan fingerprint density at radius 1 is 1.33 bits per heavy atom. The number of H-pyrrole nitrogens is 1. The minimum absolute atomic E-state index is 0.750. The lowest BCUT2D eigenvalue weighted by Crippen LogP contribution is -2.11. The van der Waals surface area contributed by atoms with Crippen LogP contribution >= 0.6 is 12.2 Å². The van der Waals surface area contributed by atoms with E-state index in [0.717, 1.165) is 16.9 Å². The van der Waals surface area contributed by atoms with Gasteiger partial charge in [0.2, 0.25) is 0 Å². The van der Waals surface area contributed by atoms with Gasteiger partial charge < -0.3 is 9.88 Å². The maximum atomic E-state index is 5.36. The molecule has 2 rings (SSSR count). The van der Waals surface area contributed by atoms with Crippen LogP contribution in [0.5, 0.6) is 0 Å². The van der Waals surface area contributed by atoms with Crippen LogP contribution in [0.4, 0.5) is 5.69 Å². The molecule has 0 saturated heterocycles. The summed E-state index contributed by atoms with van der Waals surface area (Å²) >= 11 is 5.36. The summed E-state index contributed by atoms with van der Waals surface area (Å²) in [5, 5.41) is 0. The summed E-state index contributed by atoms with van der Waals surface area (Å²) in [5.74, 6) is 0. The molecule has 0 radical (unpaired) electrons. The van der Waals surface area contributed by atoms with Crippen molar-refractivity contribution in [2.45, 2.75) is 20.3 Å². The van der Waals surface area contributed by atoms with Crippen molar-refractivity contribution in [2.75, 3.05) is 19.0 Å². The first-order valence-corrected chi connectivity index (χ1v) is 6.53. The summed E-state index contributed by atoms with van der Waals surface area (Å²) in [6.45, 7) is 4.26. The lowest BCUT2D eigenvalue weighted by Gasteiger charge is -2.17. The summed E-state index contributed by atoms with van der Waals surface area (Å²) in [6, 6.07) is 6.43. The van der Waals surface area contributed by atoms with Gasteiger partial charge in [-0.25, -0.2) is 0 Å². The van der Waals surface area contributed by atoms with Crippen LogP contribution in [0.2, 0.25) is 0 Å². The van der Waals surface area contributed by atoms with Gasteiger partial charge in [-0.3, -0.25) is 4.57 Å². The van der Waals surface area contributed by atoms with Gasteiger partial charge in [-0.1, -0.05) is 13.0 Å². The van der Waals surface area contributed by atoms with Crippen LogP contribution in [0, 0.1) is 11.7 Å². The van der Waals surface area contributed by atoms with E-state index in [4.69, 9.17) is 12.2 Å². The molecule has 3 nitrogen and oxygen atoms in total. The molecular weight excluding hydrogens is 242 g/mol. The van der Waals surface area contributed by atoms with Gasteiger partial charge in [-0.2, -0.15) is 0 Å². The fourth-order valence-corrected chi connectivity index (χ4v) is 2.45. The smallest absolute Gasteiger partial charge is 0.182 e. The van der Waals surface area contributed by atoms with Gasteiger partial charge in [0, 0.05) is 31.7 Å². The van der Waals surface area contributed by atoms with Crippen LogP contribution in [0.1, 0.15) is 18.2 Å². The standard InChI is InChI=1S/C14H19N3S/c1-5-11-9-15-14(18)17(11)12-7-6-10(2)13(8-12)16(3)4/h6-9H,5H2,1-4H3,(H,15,18). The van der Waals surface area contributed by atoms with Gasteiger partial charge in [0.1, 0.15) is 0 Å². The molecule has 0 bridgehead atoms. The lowest BCUT2D eigenvalue weighted by atomic mass is 10.1. The number of nitrogens with zero attached hydrogens (tertiary/aromatic N) is 2. The van der Waals surface area contributed by atoms with E-state index >= 15 is 0 Å². The van der Waals surface area contributed by atoms with Gasteiger partial charge >= 0.3 is 0 Å². The second-order valence-corrected chi connectivity index (χ2v) is 5.03. The second-order valence-electron chi connectivity index (χ2n) is 4.64. The van der Waals surface area contributed by atoms with Gasteiger partial charge in [-0.05, 0) is 43.3 Å². The average Bonchev–Trinajstić information content (AvgIpc) is 2.71.